The molecule has 3 saturated heterocycles. The van der Waals surface area contributed by atoms with Crippen LogP contribution in [0.4, 0.5) is 12.0 Å². The predicted molar refractivity (Wildman–Crippen MR) is 175 cm³/mol. The van der Waals surface area contributed by atoms with Crippen molar-refractivity contribution < 1.29 is 23.6 Å². The van der Waals surface area contributed by atoms with Crippen LogP contribution in [0, 0.1) is 23.7 Å². The molecule has 0 aromatic carbocycles. The number of carbonyl (C=O) groups is 2. The summed E-state index contributed by atoms with van der Waals surface area (Å²) in [5, 5.41) is 4.11. The highest BCUT2D eigenvalue weighted by atomic mass is 16.6. The lowest BCUT2D eigenvalue weighted by Crippen LogP contribution is -2.49. The minimum Gasteiger partial charge on any atom is -0.490 e. The number of nitrogens with zero attached hydrogens (tertiary/aromatic N) is 7. The highest BCUT2D eigenvalue weighted by Crippen LogP contribution is 2.33. The summed E-state index contributed by atoms with van der Waals surface area (Å²) >= 11 is 0. The molecule has 46 heavy (non-hydrogen) atoms. The second kappa shape index (κ2) is 14.5. The lowest BCUT2D eigenvalue weighted by Gasteiger charge is -2.37. The lowest BCUT2D eigenvalue weighted by molar-refractivity contribution is -0.157. The fourth-order valence-corrected chi connectivity index (χ4v) is 6.93. The van der Waals surface area contributed by atoms with E-state index in [-0.39, 0.29) is 36.2 Å². The minimum atomic E-state index is -0.553. The Bertz CT molecular complexity index is 1300. The summed E-state index contributed by atoms with van der Waals surface area (Å²) in [6.45, 7) is 18.6. The average Bonchev–Trinajstić information content (AvgIpc) is 3.66. The molecule has 2 aromatic rings. The molecule has 0 N–H and O–H groups in total. The predicted octanol–water partition coefficient (Wildman–Crippen LogP) is 5.10. The fraction of sp³-hybridized carbons (Fsp3) is 0.765. The van der Waals surface area contributed by atoms with Gasteiger partial charge in [0.05, 0.1) is 31.5 Å². The van der Waals surface area contributed by atoms with Gasteiger partial charge in [0, 0.05) is 51.0 Å². The van der Waals surface area contributed by atoms with E-state index >= 15 is 0 Å². The molecule has 0 bridgehead atoms. The summed E-state index contributed by atoms with van der Waals surface area (Å²) in [6, 6.07) is 0.555. The largest absolute Gasteiger partial charge is 0.490 e. The average molecular weight is 640 g/mol. The maximum absolute atomic E-state index is 13.0. The smallest absolute Gasteiger partial charge is 0.324 e. The molecule has 1 amide bonds. The summed E-state index contributed by atoms with van der Waals surface area (Å²) in [5.41, 5.74) is -0.553. The summed E-state index contributed by atoms with van der Waals surface area (Å²) in [6.07, 6.45) is 8.30. The van der Waals surface area contributed by atoms with Gasteiger partial charge in [0.1, 0.15) is 5.60 Å². The first kappa shape index (κ1) is 33.9. The van der Waals surface area contributed by atoms with Crippen LogP contribution in [0.1, 0.15) is 98.7 Å². The number of ether oxygens (including phenoxy) is 2. The highest BCUT2D eigenvalue weighted by Gasteiger charge is 2.42. The Morgan fingerprint density at radius 3 is 2.41 bits per heavy atom. The quantitative estimate of drug-likeness (QED) is 0.305. The van der Waals surface area contributed by atoms with Crippen molar-refractivity contribution in [1.29, 1.82) is 0 Å². The fourth-order valence-electron chi connectivity index (χ4n) is 6.93. The molecule has 0 saturated carbocycles. The van der Waals surface area contributed by atoms with Crippen LogP contribution in [0.2, 0.25) is 0 Å². The number of hydrogen-bond acceptors (Lipinski definition) is 11. The number of esters is 1. The molecule has 0 radical (unpaired) electrons. The Morgan fingerprint density at radius 2 is 1.76 bits per heavy atom. The molecule has 12 heteroatoms. The number of aromatic nitrogens is 4. The van der Waals surface area contributed by atoms with Crippen molar-refractivity contribution >= 4 is 23.8 Å². The summed E-state index contributed by atoms with van der Waals surface area (Å²) < 4.78 is 17.2. The van der Waals surface area contributed by atoms with E-state index in [0.717, 1.165) is 44.6 Å². The van der Waals surface area contributed by atoms with E-state index in [9.17, 15) is 9.59 Å². The first-order chi connectivity index (χ1) is 21.9. The van der Waals surface area contributed by atoms with Gasteiger partial charge in [-0.15, -0.1) is 0 Å². The second-order valence-corrected chi connectivity index (χ2v) is 15.0. The Kier molecular flexibility index (Phi) is 10.7. The van der Waals surface area contributed by atoms with Crippen LogP contribution in [-0.2, 0) is 14.3 Å². The number of rotatable bonds is 11. The van der Waals surface area contributed by atoms with Gasteiger partial charge in [-0.2, -0.15) is 4.98 Å². The molecule has 0 spiro atoms. The zero-order chi connectivity index (χ0) is 33.0. The summed E-state index contributed by atoms with van der Waals surface area (Å²) in [7, 11) is 0. The zero-order valence-corrected chi connectivity index (χ0v) is 28.8. The van der Waals surface area contributed by atoms with Crippen LogP contribution in [-0.4, -0.2) is 87.9 Å². The minimum absolute atomic E-state index is 0.0542. The molecule has 12 nitrogen and oxygen atoms in total. The van der Waals surface area contributed by atoms with Gasteiger partial charge < -0.3 is 28.7 Å². The Morgan fingerprint density at radius 1 is 1.04 bits per heavy atom. The number of hydrogen-bond donors (Lipinski definition) is 0. The first-order valence-corrected chi connectivity index (χ1v) is 17.2. The molecule has 2 aromatic heterocycles. The van der Waals surface area contributed by atoms with Gasteiger partial charge in [-0.1, -0.05) is 32.9 Å². The monoisotopic (exact) mass is 639 g/mol. The van der Waals surface area contributed by atoms with Crippen molar-refractivity contribution in [3.05, 3.63) is 18.2 Å². The Labute approximate surface area is 273 Å². The highest BCUT2D eigenvalue weighted by molar-refractivity contribution is 5.78. The number of amides is 1. The third-order valence-electron chi connectivity index (χ3n) is 9.64. The van der Waals surface area contributed by atoms with Crippen LogP contribution >= 0.6 is 0 Å². The second-order valence-electron chi connectivity index (χ2n) is 15.0. The molecule has 0 aliphatic carbocycles. The summed E-state index contributed by atoms with van der Waals surface area (Å²) in [5.74, 6) is 3.70. The maximum Gasteiger partial charge on any atom is 0.324 e. The van der Waals surface area contributed by atoms with Crippen molar-refractivity contribution in [2.45, 2.75) is 105 Å². The molecule has 3 aliphatic heterocycles. The van der Waals surface area contributed by atoms with Crippen molar-refractivity contribution in [2.24, 2.45) is 23.7 Å². The van der Waals surface area contributed by atoms with Gasteiger partial charge in [0.15, 0.2) is 11.6 Å². The van der Waals surface area contributed by atoms with E-state index in [1.807, 2.05) is 25.7 Å². The molecule has 4 atom stereocenters. The van der Waals surface area contributed by atoms with Gasteiger partial charge in [-0.3, -0.25) is 9.59 Å². The Hall–Kier alpha value is -3.44. The van der Waals surface area contributed by atoms with Gasteiger partial charge >= 0.3 is 12.0 Å². The molecule has 0 unspecified atom stereocenters. The van der Waals surface area contributed by atoms with Gasteiger partial charge in [0.25, 0.3) is 0 Å². The molecular formula is C34H53N7O5. The summed E-state index contributed by atoms with van der Waals surface area (Å²) in [4.78, 5) is 45.9. The number of anilines is 2. The van der Waals surface area contributed by atoms with E-state index < -0.39 is 5.60 Å². The number of carbonyl (C=O) groups excluding carboxylic acids is 2. The van der Waals surface area contributed by atoms with E-state index in [0.29, 0.717) is 68.1 Å². The van der Waals surface area contributed by atoms with Crippen molar-refractivity contribution in [3.63, 3.8) is 0 Å². The van der Waals surface area contributed by atoms with Crippen molar-refractivity contribution in [1.82, 2.24) is 25.0 Å². The van der Waals surface area contributed by atoms with E-state index in [1.54, 1.807) is 12.4 Å². The topological polar surface area (TPSA) is 127 Å². The molecule has 5 heterocycles. The first-order valence-electron chi connectivity index (χ1n) is 17.2. The lowest BCUT2D eigenvalue weighted by atomic mass is 9.84. The van der Waals surface area contributed by atoms with E-state index in [1.165, 1.54) is 0 Å². The molecule has 3 aliphatic rings. The van der Waals surface area contributed by atoms with Crippen molar-refractivity contribution in [2.75, 3.05) is 49.1 Å². The SMILES string of the molecule is CC(C)c1noc(N2CCC([C@H](C)CCOc3cnc(N4C[C@H](CC(=O)OC(C)(C)C)[C@@H](N5C[C@@H](C)CCC5=O)C4)nc3)CC2)n1. The number of piperidine rings is 2. The molecule has 254 valence electrons. The third-order valence-corrected chi connectivity index (χ3v) is 9.64. The van der Waals surface area contributed by atoms with Gasteiger partial charge in [-0.05, 0) is 64.2 Å². The maximum atomic E-state index is 13.0. The van der Waals surface area contributed by atoms with Crippen LogP contribution < -0.4 is 14.5 Å². The Balaban J connectivity index is 1.11. The molecule has 5 rings (SSSR count). The van der Waals surface area contributed by atoms with Crippen molar-refractivity contribution in [3.8, 4) is 5.75 Å². The standard InChI is InChI=1S/C34H53N7O5/c1-22(2)31-37-33(46-38-31)39-13-10-25(11-14-39)24(4)12-15-44-27-17-35-32(36-18-27)40-20-26(16-30(43)45-34(5,6)7)28(21-40)41-19-23(3)8-9-29(41)42/h17-18,22-26,28H,8-16,19-21H2,1-7H3/t23-,24+,26-,28-/m0/s1. The van der Waals surface area contributed by atoms with E-state index in [4.69, 9.17) is 14.0 Å². The van der Waals surface area contributed by atoms with Crippen LogP contribution in [0.5, 0.6) is 5.75 Å². The van der Waals surface area contributed by atoms with Crippen LogP contribution in [0.3, 0.4) is 0 Å². The molecule has 3 fully saturated rings. The zero-order valence-electron chi connectivity index (χ0n) is 28.8. The van der Waals surface area contributed by atoms with Gasteiger partial charge in [-0.25, -0.2) is 9.97 Å². The van der Waals surface area contributed by atoms with Crippen LogP contribution in [0.25, 0.3) is 0 Å². The number of likely N-dealkylation sites (tertiary alicyclic amines) is 1. The van der Waals surface area contributed by atoms with Crippen LogP contribution in [0.15, 0.2) is 16.9 Å². The van der Waals surface area contributed by atoms with Gasteiger partial charge in [0.2, 0.25) is 11.9 Å². The molecular weight excluding hydrogens is 586 g/mol. The third kappa shape index (κ3) is 8.67. The van der Waals surface area contributed by atoms with E-state index in [2.05, 4.69) is 57.6 Å². The normalized spacial score (nSPS) is 23.7.